The molecular weight excluding hydrogens is 272 g/mol. The fourth-order valence-electron chi connectivity index (χ4n) is 1.85. The Hall–Kier alpha value is -2.89. The molecule has 0 radical (unpaired) electrons. The number of pyridine rings is 1. The molecule has 1 amide bonds. The lowest BCUT2D eigenvalue weighted by molar-refractivity contribution is 0.0697. The van der Waals surface area contributed by atoms with Crippen molar-refractivity contribution in [2.45, 2.75) is 6.92 Å². The Kier molecular flexibility index (Phi) is 4.18. The maximum atomic E-state index is 12.2. The van der Waals surface area contributed by atoms with Crippen molar-refractivity contribution in [1.82, 2.24) is 4.98 Å². The van der Waals surface area contributed by atoms with E-state index in [0.717, 1.165) is 0 Å². The molecule has 0 spiro atoms. The van der Waals surface area contributed by atoms with E-state index in [1.165, 1.54) is 19.2 Å². The molecule has 6 heteroatoms. The highest BCUT2D eigenvalue weighted by Gasteiger charge is 2.16. The summed E-state index contributed by atoms with van der Waals surface area (Å²) < 4.78 is 4.98. The van der Waals surface area contributed by atoms with E-state index in [4.69, 9.17) is 4.74 Å². The number of ether oxygens (including phenoxy) is 1. The van der Waals surface area contributed by atoms with Gasteiger partial charge in [-0.25, -0.2) is 4.79 Å². The van der Waals surface area contributed by atoms with Crippen LogP contribution in [0.4, 0.5) is 5.69 Å². The second kappa shape index (κ2) is 6.04. The van der Waals surface area contributed by atoms with Crippen LogP contribution in [-0.4, -0.2) is 29.1 Å². The quantitative estimate of drug-likeness (QED) is 0.900. The molecule has 108 valence electrons. The van der Waals surface area contributed by atoms with Crippen molar-refractivity contribution in [2.75, 3.05) is 12.4 Å². The smallest absolute Gasteiger partial charge is 0.337 e. The van der Waals surface area contributed by atoms with Crippen molar-refractivity contribution >= 4 is 17.6 Å². The molecule has 0 aliphatic heterocycles. The van der Waals surface area contributed by atoms with Crippen molar-refractivity contribution in [3.8, 4) is 5.75 Å². The second-order valence-corrected chi connectivity index (χ2v) is 4.31. The van der Waals surface area contributed by atoms with E-state index in [1.54, 1.807) is 31.3 Å². The van der Waals surface area contributed by atoms with Crippen LogP contribution in [0.3, 0.4) is 0 Å². The first-order chi connectivity index (χ1) is 10.0. The number of aryl methyl sites for hydroxylation is 1. The molecule has 1 aromatic heterocycles. The molecule has 0 atom stereocenters. The van der Waals surface area contributed by atoms with Crippen LogP contribution in [0.1, 0.15) is 26.4 Å². The minimum atomic E-state index is -1.15. The van der Waals surface area contributed by atoms with Gasteiger partial charge in [-0.2, -0.15) is 0 Å². The molecule has 21 heavy (non-hydrogen) atoms. The summed E-state index contributed by atoms with van der Waals surface area (Å²) >= 11 is 0. The average molecular weight is 286 g/mol. The molecule has 0 aliphatic carbocycles. The number of methoxy groups -OCH3 is 1. The molecule has 2 N–H and O–H groups in total. The number of hydrogen-bond donors (Lipinski definition) is 2. The Bertz CT molecular complexity index is 698. The number of nitrogens with zero attached hydrogens (tertiary/aromatic N) is 1. The molecule has 0 saturated carbocycles. The number of aromatic nitrogens is 1. The number of hydrogen-bond acceptors (Lipinski definition) is 4. The molecule has 0 fully saturated rings. The number of rotatable bonds is 4. The van der Waals surface area contributed by atoms with Crippen LogP contribution in [0.2, 0.25) is 0 Å². The van der Waals surface area contributed by atoms with Crippen molar-refractivity contribution in [3.05, 3.63) is 53.3 Å². The SMILES string of the molecule is COc1ccc(NC(=O)c2cccnc2C)c(C(=O)O)c1. The summed E-state index contributed by atoms with van der Waals surface area (Å²) in [6.45, 7) is 1.71. The van der Waals surface area contributed by atoms with Crippen LogP contribution in [0.5, 0.6) is 5.75 Å². The Morgan fingerprint density at radius 2 is 2.00 bits per heavy atom. The second-order valence-electron chi connectivity index (χ2n) is 4.31. The highest BCUT2D eigenvalue weighted by molar-refractivity contribution is 6.08. The van der Waals surface area contributed by atoms with Crippen molar-refractivity contribution < 1.29 is 19.4 Å². The van der Waals surface area contributed by atoms with E-state index >= 15 is 0 Å². The lowest BCUT2D eigenvalue weighted by Gasteiger charge is -2.11. The van der Waals surface area contributed by atoms with Gasteiger partial charge < -0.3 is 15.2 Å². The first kappa shape index (κ1) is 14.5. The van der Waals surface area contributed by atoms with Crippen molar-refractivity contribution in [1.29, 1.82) is 0 Å². The van der Waals surface area contributed by atoms with Crippen molar-refractivity contribution in [3.63, 3.8) is 0 Å². The largest absolute Gasteiger partial charge is 0.497 e. The molecule has 1 heterocycles. The number of anilines is 1. The third-order valence-electron chi connectivity index (χ3n) is 2.96. The van der Waals surface area contributed by atoms with Crippen LogP contribution in [0.15, 0.2) is 36.5 Å². The highest BCUT2D eigenvalue weighted by atomic mass is 16.5. The Morgan fingerprint density at radius 1 is 1.24 bits per heavy atom. The Balaban J connectivity index is 2.33. The maximum Gasteiger partial charge on any atom is 0.337 e. The lowest BCUT2D eigenvalue weighted by atomic mass is 10.1. The molecule has 2 rings (SSSR count). The summed E-state index contributed by atoms with van der Waals surface area (Å²) in [6, 6.07) is 7.70. The van der Waals surface area contributed by atoms with Gasteiger partial charge in [0, 0.05) is 11.9 Å². The van der Waals surface area contributed by atoms with Gasteiger partial charge in [-0.15, -0.1) is 0 Å². The Labute approximate surface area is 121 Å². The topological polar surface area (TPSA) is 88.5 Å². The van der Waals surface area contributed by atoms with Crippen LogP contribution in [-0.2, 0) is 0 Å². The first-order valence-electron chi connectivity index (χ1n) is 6.17. The van der Waals surface area contributed by atoms with Gasteiger partial charge in [-0.05, 0) is 37.3 Å². The molecule has 0 unspecified atom stereocenters. The van der Waals surface area contributed by atoms with Gasteiger partial charge in [0.2, 0.25) is 0 Å². The van der Waals surface area contributed by atoms with Crippen molar-refractivity contribution in [2.24, 2.45) is 0 Å². The number of nitrogens with one attached hydrogen (secondary N) is 1. The number of carbonyl (C=O) groups is 2. The first-order valence-corrected chi connectivity index (χ1v) is 6.17. The minimum absolute atomic E-state index is 0.0377. The van der Waals surface area contributed by atoms with Crippen LogP contribution < -0.4 is 10.1 Å². The fraction of sp³-hybridized carbons (Fsp3) is 0.133. The number of benzene rings is 1. The molecule has 0 bridgehead atoms. The molecular formula is C15H14N2O4. The zero-order valence-corrected chi connectivity index (χ0v) is 11.6. The van der Waals surface area contributed by atoms with E-state index < -0.39 is 11.9 Å². The average Bonchev–Trinajstić information content (AvgIpc) is 2.47. The fourth-order valence-corrected chi connectivity index (χ4v) is 1.85. The van der Waals surface area contributed by atoms with Gasteiger partial charge in [0.25, 0.3) is 5.91 Å². The van der Waals surface area contributed by atoms with Gasteiger partial charge in [0.1, 0.15) is 5.75 Å². The third kappa shape index (κ3) is 3.17. The van der Waals surface area contributed by atoms with Crippen LogP contribution in [0.25, 0.3) is 0 Å². The van der Waals surface area contributed by atoms with Crippen LogP contribution >= 0.6 is 0 Å². The zero-order chi connectivity index (χ0) is 15.4. The van der Waals surface area contributed by atoms with Gasteiger partial charge in [0.15, 0.2) is 0 Å². The molecule has 0 aliphatic rings. The van der Waals surface area contributed by atoms with E-state index in [-0.39, 0.29) is 11.3 Å². The number of carbonyl (C=O) groups excluding carboxylic acids is 1. The summed E-state index contributed by atoms with van der Waals surface area (Å²) in [5.41, 5.74) is 1.13. The number of carboxylic acids is 1. The zero-order valence-electron chi connectivity index (χ0n) is 11.6. The summed E-state index contributed by atoms with van der Waals surface area (Å²) in [5, 5.41) is 11.8. The van der Waals surface area contributed by atoms with E-state index in [2.05, 4.69) is 10.3 Å². The monoisotopic (exact) mass is 286 g/mol. The number of aromatic carboxylic acids is 1. The van der Waals surface area contributed by atoms with Crippen LogP contribution in [0, 0.1) is 6.92 Å². The number of amides is 1. The normalized spacial score (nSPS) is 10.0. The van der Waals surface area contributed by atoms with E-state index in [9.17, 15) is 14.7 Å². The van der Waals surface area contributed by atoms with Gasteiger partial charge >= 0.3 is 5.97 Å². The standard InChI is InChI=1S/C15H14N2O4/c1-9-11(4-3-7-16-9)14(18)17-13-6-5-10(21-2)8-12(13)15(19)20/h3-8H,1-2H3,(H,17,18)(H,19,20). The molecule has 6 nitrogen and oxygen atoms in total. The summed E-state index contributed by atoms with van der Waals surface area (Å²) in [7, 11) is 1.44. The molecule has 0 saturated heterocycles. The van der Waals surface area contributed by atoms with E-state index in [1.807, 2.05) is 0 Å². The van der Waals surface area contributed by atoms with Gasteiger partial charge in [-0.1, -0.05) is 0 Å². The minimum Gasteiger partial charge on any atom is -0.497 e. The highest BCUT2D eigenvalue weighted by Crippen LogP contribution is 2.23. The number of carboxylic acid groups (broad SMARTS) is 1. The maximum absolute atomic E-state index is 12.2. The predicted octanol–water partition coefficient (Wildman–Crippen LogP) is 2.35. The summed E-state index contributed by atoms with van der Waals surface area (Å²) in [6.07, 6.45) is 1.59. The summed E-state index contributed by atoms with van der Waals surface area (Å²) in [5.74, 6) is -1.15. The summed E-state index contributed by atoms with van der Waals surface area (Å²) in [4.78, 5) is 27.5. The predicted molar refractivity (Wildman–Crippen MR) is 76.9 cm³/mol. The lowest BCUT2D eigenvalue weighted by Crippen LogP contribution is -2.16. The van der Waals surface area contributed by atoms with E-state index in [0.29, 0.717) is 17.0 Å². The third-order valence-corrected chi connectivity index (χ3v) is 2.96. The Morgan fingerprint density at radius 3 is 2.62 bits per heavy atom. The molecule has 1 aromatic carbocycles. The molecule has 2 aromatic rings. The van der Waals surface area contributed by atoms with Gasteiger partial charge in [0.05, 0.1) is 23.9 Å². The van der Waals surface area contributed by atoms with Gasteiger partial charge in [-0.3, -0.25) is 9.78 Å².